The van der Waals surface area contributed by atoms with E-state index < -0.39 is 0 Å². The molecule has 6 heteroatoms. The normalized spacial score (nSPS) is 12.3. The van der Waals surface area contributed by atoms with Crippen LogP contribution in [0.15, 0.2) is 31.2 Å². The summed E-state index contributed by atoms with van der Waals surface area (Å²) in [5, 5.41) is 3.22. The van der Waals surface area contributed by atoms with Crippen LogP contribution in [0.5, 0.6) is 0 Å². The maximum Gasteiger partial charge on any atom is 0.152 e. The molecule has 0 aromatic carbocycles. The molecule has 6 nitrogen and oxygen atoms in total. The highest BCUT2D eigenvalue weighted by Crippen LogP contribution is 2.13. The molecule has 0 aliphatic carbocycles. The number of nitrogens with two attached hydrogens (primary N) is 1. The Labute approximate surface area is 93.6 Å². The zero-order chi connectivity index (χ0) is 11.4. The lowest BCUT2D eigenvalue weighted by molar-refractivity contribution is 0.617. The first kappa shape index (κ1) is 10.4. The van der Waals surface area contributed by atoms with Crippen molar-refractivity contribution in [3.8, 4) is 0 Å². The van der Waals surface area contributed by atoms with Crippen molar-refractivity contribution in [1.82, 2.24) is 19.5 Å². The van der Waals surface area contributed by atoms with Gasteiger partial charge in [0.2, 0.25) is 0 Å². The Balaban J connectivity index is 1.97. The number of rotatable bonds is 4. The van der Waals surface area contributed by atoms with Gasteiger partial charge in [-0.15, -0.1) is 0 Å². The van der Waals surface area contributed by atoms with Gasteiger partial charge in [-0.2, -0.15) is 0 Å². The third-order valence-electron chi connectivity index (χ3n) is 2.17. The van der Waals surface area contributed by atoms with E-state index in [1.807, 2.05) is 10.8 Å². The minimum absolute atomic E-state index is 0.214. The Morgan fingerprint density at radius 2 is 2.38 bits per heavy atom. The number of hydrogen-bond donors (Lipinski definition) is 2. The highest BCUT2D eigenvalue weighted by Gasteiger charge is 2.06. The fourth-order valence-corrected chi connectivity index (χ4v) is 1.45. The molecule has 2 rings (SSSR count). The lowest BCUT2D eigenvalue weighted by Gasteiger charge is -2.15. The molecular formula is C10H14N6. The van der Waals surface area contributed by atoms with Crippen LogP contribution in [0.25, 0.3) is 0 Å². The fourth-order valence-electron chi connectivity index (χ4n) is 1.45. The van der Waals surface area contributed by atoms with Gasteiger partial charge in [0.15, 0.2) is 5.82 Å². The molecule has 2 aromatic rings. The molecule has 0 fully saturated rings. The first-order chi connectivity index (χ1) is 7.75. The van der Waals surface area contributed by atoms with E-state index in [-0.39, 0.29) is 6.04 Å². The van der Waals surface area contributed by atoms with Gasteiger partial charge in [-0.1, -0.05) is 0 Å². The van der Waals surface area contributed by atoms with Gasteiger partial charge in [0, 0.05) is 25.0 Å². The molecule has 16 heavy (non-hydrogen) atoms. The van der Waals surface area contributed by atoms with E-state index in [1.54, 1.807) is 18.7 Å². The summed E-state index contributed by atoms with van der Waals surface area (Å²) >= 11 is 0. The SMILES string of the molecule is CC(Cn1ccnc1)Nc1ncncc1N. The van der Waals surface area contributed by atoms with Gasteiger partial charge in [-0.05, 0) is 6.92 Å². The Hall–Kier alpha value is -2.11. The van der Waals surface area contributed by atoms with E-state index in [9.17, 15) is 0 Å². The molecule has 0 saturated heterocycles. The van der Waals surface area contributed by atoms with Crippen LogP contribution in [0.2, 0.25) is 0 Å². The van der Waals surface area contributed by atoms with Gasteiger partial charge in [0.1, 0.15) is 6.33 Å². The number of hydrogen-bond acceptors (Lipinski definition) is 5. The molecule has 3 N–H and O–H groups in total. The maximum absolute atomic E-state index is 5.74. The molecule has 2 heterocycles. The van der Waals surface area contributed by atoms with Crippen LogP contribution in [0.3, 0.4) is 0 Å². The molecule has 0 saturated carbocycles. The smallest absolute Gasteiger partial charge is 0.152 e. The third-order valence-corrected chi connectivity index (χ3v) is 2.17. The Kier molecular flexibility index (Phi) is 3.00. The first-order valence-corrected chi connectivity index (χ1v) is 5.03. The van der Waals surface area contributed by atoms with Gasteiger partial charge in [-0.25, -0.2) is 15.0 Å². The zero-order valence-electron chi connectivity index (χ0n) is 9.04. The van der Waals surface area contributed by atoms with E-state index in [2.05, 4.69) is 27.2 Å². The van der Waals surface area contributed by atoms with Crippen LogP contribution in [0.1, 0.15) is 6.92 Å². The van der Waals surface area contributed by atoms with Crippen molar-refractivity contribution in [3.05, 3.63) is 31.2 Å². The second kappa shape index (κ2) is 4.61. The number of anilines is 2. The highest BCUT2D eigenvalue weighted by atomic mass is 15.1. The Morgan fingerprint density at radius 1 is 1.50 bits per heavy atom. The predicted octanol–water partition coefficient (Wildman–Crippen LogP) is 0.756. The minimum Gasteiger partial charge on any atom is -0.394 e. The standard InChI is InChI=1S/C10H14N6/c1-8(5-16-3-2-12-7-16)15-10-9(11)4-13-6-14-10/h2-4,6-8H,5,11H2,1H3,(H,13,14,15). The van der Waals surface area contributed by atoms with Crippen LogP contribution in [-0.4, -0.2) is 25.6 Å². The second-order valence-corrected chi connectivity index (χ2v) is 3.63. The molecule has 0 aliphatic heterocycles. The van der Waals surface area contributed by atoms with Crippen LogP contribution in [0.4, 0.5) is 11.5 Å². The van der Waals surface area contributed by atoms with Gasteiger partial charge in [0.25, 0.3) is 0 Å². The van der Waals surface area contributed by atoms with E-state index in [1.165, 1.54) is 6.33 Å². The Morgan fingerprint density at radius 3 is 3.06 bits per heavy atom. The molecule has 0 amide bonds. The number of imidazole rings is 1. The maximum atomic E-state index is 5.74. The lowest BCUT2D eigenvalue weighted by atomic mass is 10.3. The zero-order valence-corrected chi connectivity index (χ0v) is 9.04. The quantitative estimate of drug-likeness (QED) is 0.791. The molecule has 1 unspecified atom stereocenters. The highest BCUT2D eigenvalue weighted by molar-refractivity contribution is 5.59. The van der Waals surface area contributed by atoms with E-state index in [4.69, 9.17) is 5.73 Å². The minimum atomic E-state index is 0.214. The van der Waals surface area contributed by atoms with Crippen molar-refractivity contribution in [2.24, 2.45) is 0 Å². The molecule has 0 radical (unpaired) electrons. The van der Waals surface area contributed by atoms with E-state index >= 15 is 0 Å². The molecular weight excluding hydrogens is 204 g/mol. The van der Waals surface area contributed by atoms with E-state index in [0.29, 0.717) is 11.5 Å². The monoisotopic (exact) mass is 218 g/mol. The molecule has 0 bridgehead atoms. The summed E-state index contributed by atoms with van der Waals surface area (Å²) in [5.41, 5.74) is 6.29. The van der Waals surface area contributed by atoms with Gasteiger partial charge in [-0.3, -0.25) is 0 Å². The Bertz CT molecular complexity index is 438. The molecule has 0 aliphatic rings. The van der Waals surface area contributed by atoms with Crippen molar-refractivity contribution in [2.45, 2.75) is 19.5 Å². The fraction of sp³-hybridized carbons (Fsp3) is 0.300. The number of nitrogens with zero attached hydrogens (tertiary/aromatic N) is 4. The summed E-state index contributed by atoms with van der Waals surface area (Å²) < 4.78 is 2.00. The average Bonchev–Trinajstić information content (AvgIpc) is 2.74. The summed E-state index contributed by atoms with van der Waals surface area (Å²) in [4.78, 5) is 11.9. The largest absolute Gasteiger partial charge is 0.394 e. The molecule has 0 spiro atoms. The van der Waals surface area contributed by atoms with Gasteiger partial charge < -0.3 is 15.6 Å². The van der Waals surface area contributed by atoms with Crippen molar-refractivity contribution >= 4 is 11.5 Å². The van der Waals surface area contributed by atoms with Crippen molar-refractivity contribution in [1.29, 1.82) is 0 Å². The van der Waals surface area contributed by atoms with Crippen molar-refractivity contribution in [3.63, 3.8) is 0 Å². The lowest BCUT2D eigenvalue weighted by Crippen LogP contribution is -2.22. The second-order valence-electron chi connectivity index (χ2n) is 3.63. The van der Waals surface area contributed by atoms with Crippen LogP contribution < -0.4 is 11.1 Å². The number of nitrogen functional groups attached to an aromatic ring is 1. The molecule has 1 atom stereocenters. The number of aromatic nitrogens is 4. The summed E-state index contributed by atoms with van der Waals surface area (Å²) in [6.45, 7) is 2.87. The summed E-state index contributed by atoms with van der Waals surface area (Å²) in [5.74, 6) is 0.669. The van der Waals surface area contributed by atoms with Gasteiger partial charge in [0.05, 0.1) is 18.2 Å². The van der Waals surface area contributed by atoms with E-state index in [0.717, 1.165) is 6.54 Å². The number of nitrogens with one attached hydrogen (secondary N) is 1. The molecule has 2 aromatic heterocycles. The van der Waals surface area contributed by atoms with Crippen LogP contribution in [-0.2, 0) is 6.54 Å². The first-order valence-electron chi connectivity index (χ1n) is 5.03. The van der Waals surface area contributed by atoms with Crippen molar-refractivity contribution < 1.29 is 0 Å². The molecule has 84 valence electrons. The average molecular weight is 218 g/mol. The summed E-state index contributed by atoms with van der Waals surface area (Å²) in [6, 6.07) is 0.214. The predicted molar refractivity (Wildman–Crippen MR) is 61.8 cm³/mol. The van der Waals surface area contributed by atoms with Crippen LogP contribution in [0, 0.1) is 0 Å². The van der Waals surface area contributed by atoms with Gasteiger partial charge >= 0.3 is 0 Å². The van der Waals surface area contributed by atoms with Crippen LogP contribution >= 0.6 is 0 Å². The van der Waals surface area contributed by atoms with Crippen molar-refractivity contribution in [2.75, 3.05) is 11.1 Å². The summed E-state index contributed by atoms with van der Waals surface area (Å²) in [6.07, 6.45) is 8.51. The third kappa shape index (κ3) is 2.47. The topological polar surface area (TPSA) is 81.7 Å². The summed E-state index contributed by atoms with van der Waals surface area (Å²) in [7, 11) is 0.